The second-order valence-electron chi connectivity index (χ2n) is 3.81. The summed E-state index contributed by atoms with van der Waals surface area (Å²) in [6, 6.07) is 0. The molecule has 0 aliphatic rings. The fourth-order valence-electron chi connectivity index (χ4n) is 1.43. The third-order valence-corrected chi connectivity index (χ3v) is 4.79. The number of nitrogens with one attached hydrogen (secondary N) is 1. The molecule has 92 valence electrons. The summed E-state index contributed by atoms with van der Waals surface area (Å²) in [5.41, 5.74) is 0.543. The molecule has 0 aliphatic carbocycles. The van der Waals surface area contributed by atoms with Crippen LogP contribution in [0.3, 0.4) is 0 Å². The summed E-state index contributed by atoms with van der Waals surface area (Å²) in [5, 5.41) is 3.46. The Morgan fingerprint density at radius 1 is 1.13 bits per heavy atom. The predicted octanol–water partition coefficient (Wildman–Crippen LogP) is 2.06. The molecule has 3 nitrogen and oxygen atoms in total. The third-order valence-electron chi connectivity index (χ3n) is 2.30. The van der Waals surface area contributed by atoms with Crippen molar-refractivity contribution < 1.29 is 8.85 Å². The molecule has 1 N–H and O–H groups in total. The van der Waals surface area contributed by atoms with Crippen LogP contribution in [0.4, 0.5) is 0 Å². The van der Waals surface area contributed by atoms with Gasteiger partial charge in [-0.15, -0.1) is 0 Å². The van der Waals surface area contributed by atoms with Gasteiger partial charge < -0.3 is 14.2 Å². The Morgan fingerprint density at radius 2 is 1.73 bits per heavy atom. The Hall–Kier alpha value is 0.0969. The minimum absolute atomic E-state index is 0.543. The Kier molecular flexibility index (Phi) is 10.7. The van der Waals surface area contributed by atoms with E-state index in [1.165, 1.54) is 12.8 Å². The van der Waals surface area contributed by atoms with E-state index in [1.807, 2.05) is 13.8 Å². The van der Waals surface area contributed by atoms with Gasteiger partial charge in [0.25, 0.3) is 0 Å². The molecule has 0 aromatic heterocycles. The van der Waals surface area contributed by atoms with Gasteiger partial charge in [0.2, 0.25) is 0 Å². The highest BCUT2D eigenvalue weighted by atomic mass is 28.3. The highest BCUT2D eigenvalue weighted by Gasteiger charge is 2.20. The van der Waals surface area contributed by atoms with Crippen molar-refractivity contribution in [3.05, 3.63) is 0 Å². The van der Waals surface area contributed by atoms with E-state index in [4.69, 9.17) is 8.85 Å². The van der Waals surface area contributed by atoms with Gasteiger partial charge in [-0.2, -0.15) is 0 Å². The van der Waals surface area contributed by atoms with Gasteiger partial charge in [-0.25, -0.2) is 0 Å². The summed E-state index contributed by atoms with van der Waals surface area (Å²) in [6.45, 7) is 12.2. The van der Waals surface area contributed by atoms with Gasteiger partial charge in [0.15, 0.2) is 0 Å². The van der Waals surface area contributed by atoms with Crippen molar-refractivity contribution in [3.8, 4) is 0 Å². The highest BCUT2D eigenvalue weighted by Crippen LogP contribution is 2.10. The molecule has 0 fully saturated rings. The van der Waals surface area contributed by atoms with Crippen LogP contribution in [0, 0.1) is 0 Å². The van der Waals surface area contributed by atoms with Crippen LogP contribution in [0.5, 0.6) is 0 Å². The fourth-order valence-corrected chi connectivity index (χ4v) is 3.20. The first-order valence-corrected chi connectivity index (χ1v) is 7.81. The molecule has 0 aromatic rings. The number of rotatable bonds is 10. The Morgan fingerprint density at radius 3 is 2.20 bits per heavy atom. The molecular formula is C11H27NO2Si. The quantitative estimate of drug-likeness (QED) is 0.463. The molecule has 0 spiro atoms. The van der Waals surface area contributed by atoms with Crippen molar-refractivity contribution in [3.63, 3.8) is 0 Å². The second-order valence-corrected chi connectivity index (χ2v) is 6.36. The lowest BCUT2D eigenvalue weighted by atomic mass is 10.3. The fraction of sp³-hybridized carbons (Fsp3) is 1.00. The summed E-state index contributed by atoms with van der Waals surface area (Å²) >= 11 is 0. The maximum atomic E-state index is 5.68. The SMILES string of the molecule is CCCCNCC(C)[SiH](OCC)OCC. The van der Waals surface area contributed by atoms with E-state index >= 15 is 0 Å². The number of hydrogen-bond acceptors (Lipinski definition) is 3. The molecule has 1 atom stereocenters. The van der Waals surface area contributed by atoms with Crippen molar-refractivity contribution in [1.29, 1.82) is 0 Å². The standard InChI is InChI=1S/C11H27NO2Si/c1-5-8-9-12-10-11(4)15(13-6-2)14-7-3/h11-12,15H,5-10H2,1-4H3. The molecule has 0 amide bonds. The minimum atomic E-state index is -1.44. The number of hydrogen-bond donors (Lipinski definition) is 1. The largest absolute Gasteiger partial charge is 0.397 e. The third kappa shape index (κ3) is 7.96. The van der Waals surface area contributed by atoms with Crippen LogP contribution in [0.2, 0.25) is 5.54 Å². The van der Waals surface area contributed by atoms with Crippen LogP contribution in [0.15, 0.2) is 0 Å². The summed E-state index contributed by atoms with van der Waals surface area (Å²) in [7, 11) is -1.44. The van der Waals surface area contributed by atoms with Crippen LogP contribution >= 0.6 is 0 Å². The van der Waals surface area contributed by atoms with E-state index < -0.39 is 9.28 Å². The predicted molar refractivity (Wildman–Crippen MR) is 67.6 cm³/mol. The van der Waals surface area contributed by atoms with E-state index in [9.17, 15) is 0 Å². The first kappa shape index (κ1) is 15.1. The molecule has 0 bridgehead atoms. The minimum Gasteiger partial charge on any atom is -0.397 e. The molecule has 15 heavy (non-hydrogen) atoms. The molecule has 0 heterocycles. The van der Waals surface area contributed by atoms with E-state index in [-0.39, 0.29) is 0 Å². The maximum Gasteiger partial charge on any atom is 0.325 e. The zero-order valence-corrected chi connectivity index (χ0v) is 11.9. The van der Waals surface area contributed by atoms with Gasteiger partial charge in [-0.3, -0.25) is 0 Å². The van der Waals surface area contributed by atoms with Crippen molar-refractivity contribution in [1.82, 2.24) is 5.32 Å². The molecule has 0 aliphatic heterocycles. The molecule has 0 saturated heterocycles. The Balaban J connectivity index is 3.65. The zero-order chi connectivity index (χ0) is 11.5. The first-order chi connectivity index (χ1) is 7.26. The van der Waals surface area contributed by atoms with Crippen molar-refractivity contribution in [2.45, 2.75) is 46.1 Å². The summed E-state index contributed by atoms with van der Waals surface area (Å²) < 4.78 is 11.4. The van der Waals surface area contributed by atoms with E-state index in [2.05, 4.69) is 19.2 Å². The van der Waals surface area contributed by atoms with Crippen LogP contribution in [0.25, 0.3) is 0 Å². The van der Waals surface area contributed by atoms with Crippen molar-refractivity contribution >= 4 is 9.28 Å². The zero-order valence-electron chi connectivity index (χ0n) is 10.7. The lowest BCUT2D eigenvalue weighted by Crippen LogP contribution is -2.34. The molecule has 4 heteroatoms. The lowest BCUT2D eigenvalue weighted by Gasteiger charge is -2.21. The molecular weight excluding hydrogens is 206 g/mol. The average molecular weight is 233 g/mol. The van der Waals surface area contributed by atoms with Gasteiger partial charge in [-0.05, 0) is 33.4 Å². The molecule has 1 unspecified atom stereocenters. The Bertz CT molecular complexity index is 130. The van der Waals surface area contributed by atoms with Crippen molar-refractivity contribution in [2.75, 3.05) is 26.3 Å². The van der Waals surface area contributed by atoms with Crippen molar-refractivity contribution in [2.24, 2.45) is 0 Å². The maximum absolute atomic E-state index is 5.68. The average Bonchev–Trinajstić information content (AvgIpc) is 2.24. The van der Waals surface area contributed by atoms with Crippen LogP contribution < -0.4 is 5.32 Å². The van der Waals surface area contributed by atoms with Gasteiger partial charge in [0.1, 0.15) is 0 Å². The van der Waals surface area contributed by atoms with Gasteiger partial charge in [-0.1, -0.05) is 20.3 Å². The van der Waals surface area contributed by atoms with E-state index in [0.29, 0.717) is 5.54 Å². The van der Waals surface area contributed by atoms with E-state index in [0.717, 1.165) is 26.3 Å². The number of unbranched alkanes of at least 4 members (excludes halogenated alkanes) is 1. The second kappa shape index (κ2) is 10.6. The molecule has 0 rings (SSSR count). The molecule has 0 saturated carbocycles. The summed E-state index contributed by atoms with van der Waals surface area (Å²) in [4.78, 5) is 0. The monoisotopic (exact) mass is 233 g/mol. The first-order valence-electron chi connectivity index (χ1n) is 6.20. The smallest absolute Gasteiger partial charge is 0.325 e. The topological polar surface area (TPSA) is 30.5 Å². The highest BCUT2D eigenvalue weighted by molar-refractivity contribution is 6.46. The van der Waals surface area contributed by atoms with Crippen LogP contribution in [-0.2, 0) is 8.85 Å². The van der Waals surface area contributed by atoms with Gasteiger partial charge in [0.05, 0.1) is 0 Å². The summed E-state index contributed by atoms with van der Waals surface area (Å²) in [5.74, 6) is 0. The normalized spacial score (nSPS) is 13.4. The Labute approximate surface area is 96.4 Å². The van der Waals surface area contributed by atoms with Crippen LogP contribution in [-0.4, -0.2) is 35.6 Å². The molecule has 0 radical (unpaired) electrons. The van der Waals surface area contributed by atoms with Crippen LogP contribution in [0.1, 0.15) is 40.5 Å². The lowest BCUT2D eigenvalue weighted by molar-refractivity contribution is 0.204. The van der Waals surface area contributed by atoms with E-state index in [1.54, 1.807) is 0 Å². The van der Waals surface area contributed by atoms with Gasteiger partial charge in [0, 0.05) is 18.8 Å². The molecule has 0 aromatic carbocycles. The van der Waals surface area contributed by atoms with Gasteiger partial charge >= 0.3 is 9.28 Å². The summed E-state index contributed by atoms with van der Waals surface area (Å²) in [6.07, 6.45) is 2.50.